The summed E-state index contributed by atoms with van der Waals surface area (Å²) in [5, 5.41) is 3.46. The Morgan fingerprint density at radius 2 is 2.14 bits per heavy atom. The van der Waals surface area contributed by atoms with Gasteiger partial charge in [-0.25, -0.2) is 4.79 Å². The van der Waals surface area contributed by atoms with Gasteiger partial charge in [0.1, 0.15) is 5.60 Å². The minimum absolute atomic E-state index is 0.214. The molecule has 6 heteroatoms. The molecule has 2 heterocycles. The molecule has 0 aliphatic carbocycles. The summed E-state index contributed by atoms with van der Waals surface area (Å²) in [4.78, 5) is 16.4. The molecule has 0 radical (unpaired) electrons. The summed E-state index contributed by atoms with van der Waals surface area (Å²) in [7, 11) is 0. The van der Waals surface area contributed by atoms with Gasteiger partial charge in [0, 0.05) is 30.7 Å². The van der Waals surface area contributed by atoms with Gasteiger partial charge in [-0.15, -0.1) is 0 Å². The third-order valence-corrected chi connectivity index (χ3v) is 4.42. The first-order valence-electron chi connectivity index (χ1n) is 7.61. The maximum absolute atomic E-state index is 12.2. The molecule has 0 saturated carbocycles. The Morgan fingerprint density at radius 1 is 1.36 bits per heavy atom. The van der Waals surface area contributed by atoms with Gasteiger partial charge in [0.15, 0.2) is 0 Å². The molecule has 5 nitrogen and oxygen atoms in total. The summed E-state index contributed by atoms with van der Waals surface area (Å²) in [6, 6.07) is 6.58. The molecule has 1 aromatic carbocycles. The van der Waals surface area contributed by atoms with Gasteiger partial charge in [-0.2, -0.15) is 0 Å². The molecule has 0 unspecified atom stereocenters. The highest BCUT2D eigenvalue weighted by Gasteiger charge is 2.34. The van der Waals surface area contributed by atoms with Crippen LogP contribution in [0.25, 0.3) is 0 Å². The number of nitrogens with zero attached hydrogens (tertiary/aromatic N) is 2. The summed E-state index contributed by atoms with van der Waals surface area (Å²) in [6.45, 7) is 8.76. The molecule has 1 saturated heterocycles. The summed E-state index contributed by atoms with van der Waals surface area (Å²) >= 11 is 3.51. The van der Waals surface area contributed by atoms with E-state index in [1.54, 1.807) is 0 Å². The van der Waals surface area contributed by atoms with Crippen LogP contribution in [0.1, 0.15) is 20.8 Å². The number of carbonyl (C=O) groups is 1. The monoisotopic (exact) mass is 367 g/mol. The van der Waals surface area contributed by atoms with Crippen LogP contribution in [-0.4, -0.2) is 48.8 Å². The van der Waals surface area contributed by atoms with Crippen LogP contribution in [0.3, 0.4) is 0 Å². The van der Waals surface area contributed by atoms with Crippen LogP contribution >= 0.6 is 15.9 Å². The van der Waals surface area contributed by atoms with E-state index >= 15 is 0 Å². The lowest BCUT2D eigenvalue weighted by atomic mass is 10.1. The van der Waals surface area contributed by atoms with Crippen molar-refractivity contribution in [2.45, 2.75) is 32.4 Å². The number of amides is 1. The average Bonchev–Trinajstić information content (AvgIpc) is 2.44. The molecule has 1 N–H and O–H groups in total. The molecule has 2 aliphatic rings. The molecular weight excluding hydrogens is 346 g/mol. The first kappa shape index (κ1) is 15.5. The number of hydrogen-bond donors (Lipinski definition) is 1. The van der Waals surface area contributed by atoms with Gasteiger partial charge >= 0.3 is 6.09 Å². The van der Waals surface area contributed by atoms with Crippen molar-refractivity contribution in [3.05, 3.63) is 22.7 Å². The standard InChI is InChI=1S/C16H22BrN3O2/c1-16(2,3)22-15(21)19-6-7-20-12(10-19)9-18-13-8-11(17)4-5-14(13)20/h4-5,8,12,18H,6-7,9-10H2,1-3H3/t12-/m1/s1. The summed E-state index contributed by atoms with van der Waals surface area (Å²) in [6.07, 6.45) is -0.214. The Morgan fingerprint density at radius 3 is 2.86 bits per heavy atom. The molecule has 3 rings (SSSR count). The molecule has 120 valence electrons. The minimum Gasteiger partial charge on any atom is -0.444 e. The van der Waals surface area contributed by atoms with Crippen molar-refractivity contribution in [1.82, 2.24) is 4.90 Å². The lowest BCUT2D eigenvalue weighted by molar-refractivity contribution is 0.0217. The van der Waals surface area contributed by atoms with Crippen LogP contribution in [0, 0.1) is 0 Å². The average molecular weight is 368 g/mol. The van der Waals surface area contributed by atoms with Crippen LogP contribution < -0.4 is 10.2 Å². The van der Waals surface area contributed by atoms with E-state index in [1.807, 2.05) is 25.7 Å². The van der Waals surface area contributed by atoms with Crippen molar-refractivity contribution < 1.29 is 9.53 Å². The van der Waals surface area contributed by atoms with Crippen molar-refractivity contribution in [2.24, 2.45) is 0 Å². The fourth-order valence-corrected chi connectivity index (χ4v) is 3.33. The number of rotatable bonds is 0. The summed E-state index contributed by atoms with van der Waals surface area (Å²) in [5.41, 5.74) is 1.91. The largest absolute Gasteiger partial charge is 0.444 e. The number of benzene rings is 1. The van der Waals surface area contributed by atoms with Crippen molar-refractivity contribution >= 4 is 33.4 Å². The maximum Gasteiger partial charge on any atom is 0.410 e. The van der Waals surface area contributed by atoms with Crippen molar-refractivity contribution in [3.8, 4) is 0 Å². The first-order chi connectivity index (χ1) is 10.3. The third-order valence-electron chi connectivity index (χ3n) is 3.93. The molecule has 2 aliphatic heterocycles. The minimum atomic E-state index is -0.447. The highest BCUT2D eigenvalue weighted by Crippen LogP contribution is 2.35. The Labute approximate surface area is 139 Å². The number of halogens is 1. The number of fused-ring (bicyclic) bond motifs is 3. The van der Waals surface area contributed by atoms with E-state index < -0.39 is 5.60 Å². The highest BCUT2D eigenvalue weighted by atomic mass is 79.9. The Kier molecular flexibility index (Phi) is 3.97. The molecule has 0 aromatic heterocycles. The number of hydrogen-bond acceptors (Lipinski definition) is 4. The van der Waals surface area contributed by atoms with Crippen molar-refractivity contribution in [3.63, 3.8) is 0 Å². The summed E-state index contributed by atoms with van der Waals surface area (Å²) in [5.74, 6) is 0. The van der Waals surface area contributed by atoms with Gasteiger partial charge < -0.3 is 19.9 Å². The second-order valence-corrected chi connectivity index (χ2v) is 7.73. The van der Waals surface area contributed by atoms with Gasteiger partial charge in [-0.1, -0.05) is 15.9 Å². The van der Waals surface area contributed by atoms with E-state index in [9.17, 15) is 4.79 Å². The van der Waals surface area contributed by atoms with Crippen LogP contribution in [0.4, 0.5) is 16.2 Å². The second kappa shape index (κ2) is 5.65. The lowest BCUT2D eigenvalue weighted by Gasteiger charge is -2.46. The van der Waals surface area contributed by atoms with E-state index in [1.165, 1.54) is 5.69 Å². The number of anilines is 2. The number of ether oxygens (including phenoxy) is 1. The van der Waals surface area contributed by atoms with Crippen molar-refractivity contribution in [1.29, 1.82) is 0 Å². The summed E-state index contributed by atoms with van der Waals surface area (Å²) < 4.78 is 6.56. The molecule has 0 spiro atoms. The van der Waals surface area contributed by atoms with E-state index in [-0.39, 0.29) is 12.1 Å². The molecule has 0 bridgehead atoms. The van der Waals surface area contributed by atoms with E-state index in [0.717, 1.165) is 23.2 Å². The Hall–Kier alpha value is -1.43. The molecular formula is C16H22BrN3O2. The fraction of sp³-hybridized carbons (Fsp3) is 0.562. The van der Waals surface area contributed by atoms with E-state index in [2.05, 4.69) is 44.3 Å². The van der Waals surface area contributed by atoms with Crippen LogP contribution in [0.2, 0.25) is 0 Å². The normalized spacial score (nSPS) is 20.8. The second-order valence-electron chi connectivity index (χ2n) is 6.82. The highest BCUT2D eigenvalue weighted by molar-refractivity contribution is 9.10. The Balaban J connectivity index is 1.71. The predicted octanol–water partition coefficient (Wildman–Crippen LogP) is 3.30. The van der Waals surface area contributed by atoms with Gasteiger partial charge in [0.25, 0.3) is 0 Å². The van der Waals surface area contributed by atoms with Gasteiger partial charge in [-0.3, -0.25) is 0 Å². The van der Waals surface area contributed by atoms with Crippen molar-refractivity contribution in [2.75, 3.05) is 36.4 Å². The fourth-order valence-electron chi connectivity index (χ4n) is 2.97. The van der Waals surface area contributed by atoms with Crippen LogP contribution in [-0.2, 0) is 4.74 Å². The molecule has 1 amide bonds. The van der Waals surface area contributed by atoms with Gasteiger partial charge in [-0.05, 0) is 39.0 Å². The third kappa shape index (κ3) is 3.16. The van der Waals surface area contributed by atoms with Gasteiger partial charge in [0.2, 0.25) is 0 Å². The Bertz CT molecular complexity index is 585. The lowest BCUT2D eigenvalue weighted by Crippen LogP contribution is -2.59. The number of carbonyl (C=O) groups excluding carboxylic acids is 1. The zero-order chi connectivity index (χ0) is 15.9. The molecule has 22 heavy (non-hydrogen) atoms. The topological polar surface area (TPSA) is 44.8 Å². The first-order valence-corrected chi connectivity index (χ1v) is 8.41. The molecule has 1 atom stereocenters. The quantitative estimate of drug-likeness (QED) is 0.763. The smallest absolute Gasteiger partial charge is 0.410 e. The predicted molar refractivity (Wildman–Crippen MR) is 91.6 cm³/mol. The van der Waals surface area contributed by atoms with Gasteiger partial charge in [0.05, 0.1) is 17.4 Å². The number of piperazine rings is 1. The number of nitrogens with one attached hydrogen (secondary N) is 1. The zero-order valence-electron chi connectivity index (χ0n) is 13.2. The van der Waals surface area contributed by atoms with E-state index in [4.69, 9.17) is 4.74 Å². The van der Waals surface area contributed by atoms with Crippen LogP contribution in [0.5, 0.6) is 0 Å². The zero-order valence-corrected chi connectivity index (χ0v) is 14.8. The van der Waals surface area contributed by atoms with E-state index in [0.29, 0.717) is 13.1 Å². The van der Waals surface area contributed by atoms with Crippen LogP contribution in [0.15, 0.2) is 22.7 Å². The molecule has 1 aromatic rings. The SMILES string of the molecule is CC(C)(C)OC(=O)N1CCN2c3ccc(Br)cc3NC[C@@H]2C1. The molecule has 1 fully saturated rings. The maximum atomic E-state index is 12.2.